The van der Waals surface area contributed by atoms with Crippen molar-refractivity contribution < 1.29 is 19.8 Å². The van der Waals surface area contributed by atoms with Crippen molar-refractivity contribution in [1.82, 2.24) is 5.01 Å². The first-order valence-electron chi connectivity index (χ1n) is 9.54. The van der Waals surface area contributed by atoms with Crippen LogP contribution in [0.2, 0.25) is 5.02 Å². The number of para-hydroxylation sites is 1. The van der Waals surface area contributed by atoms with Crippen molar-refractivity contribution in [2.24, 2.45) is 10.2 Å². The predicted octanol–water partition coefficient (Wildman–Crippen LogP) is 4.07. The smallest absolute Gasteiger partial charge is 0.303 e. The highest BCUT2D eigenvalue weighted by atomic mass is 35.5. The third kappa shape index (κ3) is 5.49. The second kappa shape index (κ2) is 9.90. The Hall–Kier alpha value is -3.65. The average molecular weight is 441 g/mol. The number of hydrazone groups is 2. The maximum Gasteiger partial charge on any atom is 0.303 e. The lowest BCUT2D eigenvalue weighted by atomic mass is 10.1. The topological polar surface area (TPSA) is 115 Å². The molecule has 0 saturated heterocycles. The number of carboxylic acids is 1. The van der Waals surface area contributed by atoms with Gasteiger partial charge < -0.3 is 10.2 Å². The number of halogens is 1. The summed E-state index contributed by atoms with van der Waals surface area (Å²) in [5, 5.41) is 29.3. The van der Waals surface area contributed by atoms with Crippen molar-refractivity contribution in [3.63, 3.8) is 0 Å². The van der Waals surface area contributed by atoms with Gasteiger partial charge in [-0.1, -0.05) is 54.1 Å². The van der Waals surface area contributed by atoms with Crippen LogP contribution in [0, 0.1) is 0 Å². The van der Waals surface area contributed by atoms with Crippen molar-refractivity contribution in [1.29, 1.82) is 0 Å². The van der Waals surface area contributed by atoms with E-state index in [1.165, 1.54) is 5.01 Å². The summed E-state index contributed by atoms with van der Waals surface area (Å²) >= 11 is 6.15. The van der Waals surface area contributed by atoms with Gasteiger partial charge in [0.25, 0.3) is 5.91 Å². The summed E-state index contributed by atoms with van der Waals surface area (Å²) in [7, 11) is 0. The number of hydrogen-bond donors (Lipinski definition) is 3. The largest absolute Gasteiger partial charge is 0.505 e. The van der Waals surface area contributed by atoms with Gasteiger partial charge in [-0.3, -0.25) is 15.0 Å². The Labute approximate surface area is 184 Å². The zero-order chi connectivity index (χ0) is 22.4. The molecular formula is C22H21ClN4O4. The minimum atomic E-state index is -0.929. The molecular weight excluding hydrogens is 420 g/mol. The van der Waals surface area contributed by atoms with Crippen molar-refractivity contribution in [3.8, 4) is 5.75 Å². The maximum atomic E-state index is 12.5. The fourth-order valence-corrected chi connectivity index (χ4v) is 3.10. The first-order chi connectivity index (χ1) is 14.9. The predicted molar refractivity (Wildman–Crippen MR) is 121 cm³/mol. The van der Waals surface area contributed by atoms with E-state index in [0.717, 1.165) is 5.56 Å². The molecule has 1 amide bonds. The molecule has 2 aromatic rings. The van der Waals surface area contributed by atoms with Gasteiger partial charge in [0.05, 0.1) is 11.4 Å². The second-order valence-corrected chi connectivity index (χ2v) is 7.19. The molecule has 0 saturated carbocycles. The number of aromatic hydroxyl groups is 1. The molecule has 9 heteroatoms. The van der Waals surface area contributed by atoms with Gasteiger partial charge in [-0.05, 0) is 31.0 Å². The van der Waals surface area contributed by atoms with Crippen LogP contribution in [-0.4, -0.2) is 45.1 Å². The fourth-order valence-electron chi connectivity index (χ4n) is 2.90. The molecule has 0 spiro atoms. The number of carboxylic acid groups (broad SMARTS) is 1. The number of phenolic OH excluding ortho intramolecular Hbond substituents is 1. The molecule has 0 radical (unpaired) electrons. The van der Waals surface area contributed by atoms with Crippen LogP contribution < -0.4 is 5.43 Å². The molecule has 1 aliphatic rings. The summed E-state index contributed by atoms with van der Waals surface area (Å²) < 4.78 is 0. The molecule has 3 rings (SSSR count). The van der Waals surface area contributed by atoms with Crippen molar-refractivity contribution in [2.75, 3.05) is 12.0 Å². The van der Waals surface area contributed by atoms with E-state index in [9.17, 15) is 14.7 Å². The molecule has 0 unspecified atom stereocenters. The van der Waals surface area contributed by atoms with Gasteiger partial charge in [0.1, 0.15) is 5.75 Å². The molecule has 3 N–H and O–H groups in total. The number of amides is 1. The normalized spacial score (nSPS) is 15.0. The quantitative estimate of drug-likeness (QED) is 0.325. The minimum Gasteiger partial charge on any atom is -0.505 e. The number of carbonyl (C=O) groups is 2. The number of anilines is 1. The van der Waals surface area contributed by atoms with Crippen molar-refractivity contribution in [3.05, 3.63) is 58.6 Å². The van der Waals surface area contributed by atoms with E-state index in [0.29, 0.717) is 28.4 Å². The highest BCUT2D eigenvalue weighted by molar-refractivity contribution is 6.68. The van der Waals surface area contributed by atoms with Crippen LogP contribution in [0.25, 0.3) is 12.2 Å². The van der Waals surface area contributed by atoms with Crippen LogP contribution >= 0.6 is 11.6 Å². The lowest BCUT2D eigenvalue weighted by Crippen LogP contribution is -2.29. The number of benzene rings is 2. The Kier molecular flexibility index (Phi) is 7.04. The van der Waals surface area contributed by atoms with E-state index in [2.05, 4.69) is 15.6 Å². The van der Waals surface area contributed by atoms with Crippen molar-refractivity contribution >= 4 is 52.7 Å². The first kappa shape index (κ1) is 22.0. The zero-order valence-corrected chi connectivity index (χ0v) is 17.5. The fraction of sp³-hybridized carbons (Fsp3) is 0.182. The lowest BCUT2D eigenvalue weighted by molar-refractivity contribution is -0.137. The molecule has 0 atom stereocenters. The molecule has 0 fully saturated rings. The summed E-state index contributed by atoms with van der Waals surface area (Å²) in [5.41, 5.74) is 4.90. The summed E-state index contributed by atoms with van der Waals surface area (Å²) in [5.74, 6) is -1.39. The third-order valence-corrected chi connectivity index (χ3v) is 4.86. The third-order valence-electron chi connectivity index (χ3n) is 4.51. The van der Waals surface area contributed by atoms with Gasteiger partial charge in [0.2, 0.25) is 0 Å². The van der Waals surface area contributed by atoms with Gasteiger partial charge in [0.15, 0.2) is 5.71 Å². The second-order valence-electron chi connectivity index (χ2n) is 6.78. The van der Waals surface area contributed by atoms with Crippen LogP contribution in [0.3, 0.4) is 0 Å². The number of nitrogens with one attached hydrogen (secondary N) is 1. The number of aliphatic carboxylic acids is 1. The SMILES string of the molecule is CC1=NN(CCCC(=O)O)C(=O)/C1=N\Nc1cccc(/C=C/c2ccccc2Cl)c1O. The Balaban J connectivity index is 1.72. The molecule has 0 aliphatic carbocycles. The number of carbonyl (C=O) groups excluding carboxylic acids is 1. The Bertz CT molecular complexity index is 1090. The Morgan fingerprint density at radius 1 is 1.19 bits per heavy atom. The van der Waals surface area contributed by atoms with Crippen LogP contribution in [-0.2, 0) is 9.59 Å². The van der Waals surface area contributed by atoms with Crippen LogP contribution in [0.1, 0.15) is 30.9 Å². The first-order valence-corrected chi connectivity index (χ1v) is 9.92. The van der Waals surface area contributed by atoms with E-state index < -0.39 is 11.9 Å². The van der Waals surface area contributed by atoms with Gasteiger partial charge in [-0.15, -0.1) is 0 Å². The van der Waals surface area contributed by atoms with Gasteiger partial charge in [-0.25, -0.2) is 5.01 Å². The molecule has 2 aromatic carbocycles. The van der Waals surface area contributed by atoms with E-state index in [4.69, 9.17) is 16.7 Å². The molecule has 8 nitrogen and oxygen atoms in total. The standard InChI is InChI=1S/C22H21ClN4O4/c1-14-20(22(31)27(26-14)13-5-10-19(28)29)25-24-18-9-4-7-16(21(18)30)12-11-15-6-2-3-8-17(15)23/h2-4,6-9,11-12,24,30H,5,10,13H2,1H3,(H,28,29)/b12-11+,25-20-. The highest BCUT2D eigenvalue weighted by Gasteiger charge is 2.29. The molecule has 31 heavy (non-hydrogen) atoms. The van der Waals surface area contributed by atoms with E-state index in [-0.39, 0.29) is 24.4 Å². The van der Waals surface area contributed by atoms with Crippen LogP contribution in [0.4, 0.5) is 5.69 Å². The van der Waals surface area contributed by atoms with Crippen LogP contribution in [0.5, 0.6) is 5.75 Å². The zero-order valence-electron chi connectivity index (χ0n) is 16.7. The van der Waals surface area contributed by atoms with Gasteiger partial charge in [0, 0.05) is 23.6 Å². The van der Waals surface area contributed by atoms with Crippen molar-refractivity contribution in [2.45, 2.75) is 19.8 Å². The summed E-state index contributed by atoms with van der Waals surface area (Å²) in [4.78, 5) is 23.1. The minimum absolute atomic E-state index is 0.0338. The van der Waals surface area contributed by atoms with E-state index in [1.54, 1.807) is 43.3 Å². The monoisotopic (exact) mass is 440 g/mol. The Morgan fingerprint density at radius 3 is 2.65 bits per heavy atom. The lowest BCUT2D eigenvalue weighted by Gasteiger charge is -2.10. The van der Waals surface area contributed by atoms with E-state index >= 15 is 0 Å². The number of rotatable bonds is 8. The molecule has 1 heterocycles. The number of hydrogen-bond acceptors (Lipinski definition) is 6. The maximum absolute atomic E-state index is 12.5. The molecule has 0 aromatic heterocycles. The Morgan fingerprint density at radius 2 is 1.90 bits per heavy atom. The number of phenols is 1. The average Bonchev–Trinajstić information content (AvgIpc) is 3.00. The summed E-state index contributed by atoms with van der Waals surface area (Å²) in [6.45, 7) is 1.83. The van der Waals surface area contributed by atoms with Crippen LogP contribution in [0.15, 0.2) is 52.7 Å². The van der Waals surface area contributed by atoms with Gasteiger partial charge in [-0.2, -0.15) is 10.2 Å². The molecule has 1 aliphatic heterocycles. The molecule has 0 bridgehead atoms. The van der Waals surface area contributed by atoms with E-state index in [1.807, 2.05) is 18.2 Å². The summed E-state index contributed by atoms with van der Waals surface area (Å²) in [6.07, 6.45) is 3.76. The van der Waals surface area contributed by atoms with Gasteiger partial charge >= 0.3 is 5.97 Å². The molecule has 160 valence electrons. The number of nitrogens with zero attached hydrogens (tertiary/aromatic N) is 3. The highest BCUT2D eigenvalue weighted by Crippen LogP contribution is 2.29. The summed E-state index contributed by atoms with van der Waals surface area (Å²) in [6, 6.07) is 12.4.